The molecule has 2 aromatic rings. The highest BCUT2D eigenvalue weighted by molar-refractivity contribution is 5.77. The van der Waals surface area contributed by atoms with Crippen LogP contribution >= 0.6 is 0 Å². The molecular weight excluding hydrogens is 364 g/mol. The monoisotopic (exact) mass is 396 g/mol. The highest BCUT2D eigenvalue weighted by Gasteiger charge is 2.34. The molecule has 1 aromatic heterocycles. The van der Waals surface area contributed by atoms with E-state index >= 15 is 0 Å². The molecule has 1 amide bonds. The van der Waals surface area contributed by atoms with E-state index in [-0.39, 0.29) is 17.9 Å². The Hall–Kier alpha value is -2.27. The van der Waals surface area contributed by atoms with Gasteiger partial charge in [0.25, 0.3) is 0 Å². The Morgan fingerprint density at radius 2 is 2.07 bits per heavy atom. The molecule has 1 aliphatic carbocycles. The highest BCUT2D eigenvalue weighted by atomic mass is 16.5. The number of hydrogen-bond donors (Lipinski definition) is 1. The second-order valence-corrected chi connectivity index (χ2v) is 8.46. The summed E-state index contributed by atoms with van der Waals surface area (Å²) in [6.45, 7) is 4.80. The number of aryl methyl sites for hydroxylation is 1. The molecule has 1 N–H and O–H groups in total. The van der Waals surface area contributed by atoms with Crippen molar-refractivity contribution in [2.75, 3.05) is 26.7 Å². The molecule has 1 saturated carbocycles. The third-order valence-electron chi connectivity index (χ3n) is 6.39. The number of amides is 1. The molecule has 1 saturated heterocycles. The van der Waals surface area contributed by atoms with E-state index in [0.29, 0.717) is 18.9 Å². The number of ether oxygens (including phenoxy) is 1. The zero-order valence-electron chi connectivity index (χ0n) is 17.5. The Balaban J connectivity index is 1.40. The van der Waals surface area contributed by atoms with Crippen LogP contribution < -0.4 is 10.1 Å². The maximum atomic E-state index is 12.9. The number of methoxy groups -OCH3 is 1. The van der Waals surface area contributed by atoms with Gasteiger partial charge in [-0.15, -0.1) is 0 Å². The molecule has 1 aliphatic heterocycles. The minimum absolute atomic E-state index is 0.124. The largest absolute Gasteiger partial charge is 0.496 e. The van der Waals surface area contributed by atoms with Crippen LogP contribution in [-0.4, -0.2) is 37.6 Å². The molecule has 0 spiro atoms. The lowest BCUT2D eigenvalue weighted by Gasteiger charge is -2.26. The van der Waals surface area contributed by atoms with Gasteiger partial charge >= 0.3 is 0 Å². The van der Waals surface area contributed by atoms with E-state index in [2.05, 4.69) is 29.3 Å². The van der Waals surface area contributed by atoms with Gasteiger partial charge in [0.1, 0.15) is 11.5 Å². The van der Waals surface area contributed by atoms with E-state index in [1.165, 1.54) is 31.2 Å². The fourth-order valence-corrected chi connectivity index (χ4v) is 4.61. The van der Waals surface area contributed by atoms with E-state index in [4.69, 9.17) is 9.15 Å². The molecular formula is C24H32N2O3. The second kappa shape index (κ2) is 9.04. The van der Waals surface area contributed by atoms with Crippen molar-refractivity contribution < 1.29 is 13.9 Å². The van der Waals surface area contributed by atoms with E-state index < -0.39 is 0 Å². The summed E-state index contributed by atoms with van der Waals surface area (Å²) in [7, 11) is 1.70. The van der Waals surface area contributed by atoms with Crippen molar-refractivity contribution >= 4 is 5.91 Å². The first-order valence-electron chi connectivity index (χ1n) is 10.8. The van der Waals surface area contributed by atoms with Crippen molar-refractivity contribution in [1.82, 2.24) is 10.2 Å². The molecule has 2 atom stereocenters. The maximum absolute atomic E-state index is 12.9. The lowest BCUT2D eigenvalue weighted by atomic mass is 9.89. The van der Waals surface area contributed by atoms with Crippen molar-refractivity contribution in [1.29, 1.82) is 0 Å². The van der Waals surface area contributed by atoms with Gasteiger partial charge in [0, 0.05) is 13.0 Å². The maximum Gasteiger partial charge on any atom is 0.220 e. The Bertz CT molecular complexity index is 808. The minimum atomic E-state index is 0.124. The number of hydrogen-bond acceptors (Lipinski definition) is 4. The van der Waals surface area contributed by atoms with Crippen molar-refractivity contribution in [3.05, 3.63) is 53.5 Å². The highest BCUT2D eigenvalue weighted by Crippen LogP contribution is 2.45. The number of benzene rings is 1. The SMILES string of the molecule is COc1ccc(C(CC(=O)NCC(c2ccco2)N2CCCC2)C2CC2)cc1C. The fraction of sp³-hybridized carbons (Fsp3) is 0.542. The predicted molar refractivity (Wildman–Crippen MR) is 113 cm³/mol. The molecule has 4 rings (SSSR count). The van der Waals surface area contributed by atoms with Gasteiger partial charge in [-0.2, -0.15) is 0 Å². The normalized spacial score (nSPS) is 19.1. The molecule has 29 heavy (non-hydrogen) atoms. The van der Waals surface area contributed by atoms with Gasteiger partial charge in [0.15, 0.2) is 0 Å². The van der Waals surface area contributed by atoms with Gasteiger partial charge in [-0.25, -0.2) is 0 Å². The number of likely N-dealkylation sites (tertiary alicyclic amines) is 1. The van der Waals surface area contributed by atoms with Crippen LogP contribution in [0.25, 0.3) is 0 Å². The summed E-state index contributed by atoms with van der Waals surface area (Å²) in [6, 6.07) is 10.4. The van der Waals surface area contributed by atoms with Gasteiger partial charge < -0.3 is 14.5 Å². The number of carbonyl (C=O) groups excluding carboxylic acids is 1. The summed E-state index contributed by atoms with van der Waals surface area (Å²) in [6.07, 6.45) is 7.12. The van der Waals surface area contributed by atoms with Gasteiger partial charge in [0.05, 0.1) is 19.4 Å². The van der Waals surface area contributed by atoms with Crippen LogP contribution in [0.1, 0.15) is 61.0 Å². The Morgan fingerprint density at radius 3 is 2.69 bits per heavy atom. The van der Waals surface area contributed by atoms with Crippen LogP contribution in [0.4, 0.5) is 0 Å². The first-order chi connectivity index (χ1) is 14.2. The third kappa shape index (κ3) is 4.84. The van der Waals surface area contributed by atoms with Crippen LogP contribution in [0.15, 0.2) is 41.0 Å². The van der Waals surface area contributed by atoms with Crippen LogP contribution in [0, 0.1) is 12.8 Å². The zero-order valence-corrected chi connectivity index (χ0v) is 17.5. The first-order valence-corrected chi connectivity index (χ1v) is 10.8. The summed E-state index contributed by atoms with van der Waals surface area (Å²) >= 11 is 0. The number of rotatable bonds is 9. The van der Waals surface area contributed by atoms with Crippen LogP contribution in [0.5, 0.6) is 5.75 Å². The Kier molecular flexibility index (Phi) is 6.24. The third-order valence-corrected chi connectivity index (χ3v) is 6.39. The Labute approximate surface area is 173 Å². The molecule has 2 fully saturated rings. The molecule has 5 nitrogen and oxygen atoms in total. The summed E-state index contributed by atoms with van der Waals surface area (Å²) < 4.78 is 11.1. The second-order valence-electron chi connectivity index (χ2n) is 8.46. The fourth-order valence-electron chi connectivity index (χ4n) is 4.61. The van der Waals surface area contributed by atoms with E-state index in [0.717, 1.165) is 30.2 Å². The summed E-state index contributed by atoms with van der Waals surface area (Å²) in [4.78, 5) is 15.3. The van der Waals surface area contributed by atoms with Crippen molar-refractivity contribution in [2.45, 2.75) is 51.0 Å². The van der Waals surface area contributed by atoms with E-state index in [9.17, 15) is 4.79 Å². The number of furan rings is 1. The molecule has 0 bridgehead atoms. The standard InChI is InChI=1S/C24H32N2O3/c1-17-14-19(9-10-22(17)28-2)20(18-7-8-18)15-24(27)25-16-21(23-6-5-13-29-23)26-11-3-4-12-26/h5-6,9-10,13-14,18,20-21H,3-4,7-8,11-12,15-16H2,1-2H3,(H,25,27). The minimum Gasteiger partial charge on any atom is -0.496 e. The smallest absolute Gasteiger partial charge is 0.220 e. The van der Waals surface area contributed by atoms with Crippen molar-refractivity contribution in [3.63, 3.8) is 0 Å². The zero-order chi connectivity index (χ0) is 20.2. The van der Waals surface area contributed by atoms with Gasteiger partial charge in [-0.1, -0.05) is 12.1 Å². The summed E-state index contributed by atoms with van der Waals surface area (Å²) in [5.41, 5.74) is 2.38. The lowest BCUT2D eigenvalue weighted by molar-refractivity contribution is -0.121. The van der Waals surface area contributed by atoms with Crippen molar-refractivity contribution in [2.24, 2.45) is 5.92 Å². The van der Waals surface area contributed by atoms with Crippen LogP contribution in [-0.2, 0) is 4.79 Å². The predicted octanol–water partition coefficient (Wildman–Crippen LogP) is 4.43. The van der Waals surface area contributed by atoms with Crippen LogP contribution in [0.3, 0.4) is 0 Å². The van der Waals surface area contributed by atoms with Gasteiger partial charge in [-0.3, -0.25) is 9.69 Å². The average molecular weight is 397 g/mol. The number of carbonyl (C=O) groups is 1. The number of nitrogens with zero attached hydrogens (tertiary/aromatic N) is 1. The lowest BCUT2D eigenvalue weighted by Crippen LogP contribution is -2.37. The van der Waals surface area contributed by atoms with Crippen molar-refractivity contribution in [3.8, 4) is 5.75 Å². The van der Waals surface area contributed by atoms with Crippen LogP contribution in [0.2, 0.25) is 0 Å². The first kappa shape index (κ1) is 20.0. The molecule has 2 aliphatic rings. The molecule has 5 heteroatoms. The molecule has 2 heterocycles. The molecule has 2 unspecified atom stereocenters. The van der Waals surface area contributed by atoms with Gasteiger partial charge in [-0.05, 0) is 86.9 Å². The van der Waals surface area contributed by atoms with Gasteiger partial charge in [0.2, 0.25) is 5.91 Å². The Morgan fingerprint density at radius 1 is 1.28 bits per heavy atom. The molecule has 156 valence electrons. The van der Waals surface area contributed by atoms with E-state index in [1.807, 2.05) is 18.2 Å². The molecule has 1 aromatic carbocycles. The number of nitrogens with one attached hydrogen (secondary N) is 1. The summed E-state index contributed by atoms with van der Waals surface area (Å²) in [5, 5.41) is 3.20. The quantitative estimate of drug-likeness (QED) is 0.681. The average Bonchev–Trinajstić information content (AvgIpc) is 3.18. The topological polar surface area (TPSA) is 54.7 Å². The molecule has 0 radical (unpaired) electrons. The van der Waals surface area contributed by atoms with E-state index in [1.54, 1.807) is 13.4 Å². The summed E-state index contributed by atoms with van der Waals surface area (Å²) in [5.74, 6) is 2.88.